The fourth-order valence-corrected chi connectivity index (χ4v) is 31.1. The second-order valence-electron chi connectivity index (χ2n) is 17.7. The first-order valence-corrected chi connectivity index (χ1v) is 28.2. The van der Waals surface area contributed by atoms with E-state index in [1.807, 2.05) is 0 Å². The summed E-state index contributed by atoms with van der Waals surface area (Å²) in [5.74, 6) is 0.923. The van der Waals surface area contributed by atoms with Crippen molar-refractivity contribution < 1.29 is 21.4 Å². The zero-order valence-electron chi connectivity index (χ0n) is 35.0. The summed E-state index contributed by atoms with van der Waals surface area (Å²) in [6.07, 6.45) is 5.36. The monoisotopic (exact) mass is 911 g/mol. The molecule has 3 aliphatic rings. The molecule has 6 aromatic rings. The van der Waals surface area contributed by atoms with E-state index in [4.69, 9.17) is 0 Å². The molecule has 0 N–H and O–H groups in total. The van der Waals surface area contributed by atoms with E-state index in [1.165, 1.54) is 77.9 Å². The molecule has 2 heteroatoms. The average molecular weight is 911 g/mol. The van der Waals surface area contributed by atoms with Crippen molar-refractivity contribution in [2.75, 3.05) is 0 Å². The first kappa shape index (κ1) is 37.5. The third-order valence-electron chi connectivity index (χ3n) is 13.5. The maximum atomic E-state index is 2.68. The summed E-state index contributed by atoms with van der Waals surface area (Å²) >= 11 is -3.16. The first-order chi connectivity index (χ1) is 26.9. The molecule has 279 valence electrons. The van der Waals surface area contributed by atoms with Crippen molar-refractivity contribution >= 4 is 35.4 Å². The Bertz CT molecular complexity index is 2510. The number of hydrogen-bond donors (Lipinski definition) is 0. The predicted octanol–water partition coefficient (Wildman–Crippen LogP) is 11.8. The van der Waals surface area contributed by atoms with Crippen molar-refractivity contribution in [3.8, 4) is 33.4 Å². The first-order valence-electron chi connectivity index (χ1n) is 20.8. The van der Waals surface area contributed by atoms with Crippen molar-refractivity contribution in [1.82, 2.24) is 0 Å². The molecule has 0 aromatic heterocycles. The van der Waals surface area contributed by atoms with Crippen LogP contribution in [-0.4, -0.2) is 9.52 Å². The van der Waals surface area contributed by atoms with E-state index < -0.39 is 31.0 Å². The second kappa shape index (κ2) is 14.4. The zero-order valence-corrected chi connectivity index (χ0v) is 40.0. The number of benzene rings is 6. The fraction of sp³-hybridized carbons (Fsp3) is 0.259. The summed E-state index contributed by atoms with van der Waals surface area (Å²) in [4.78, 5) is 0. The standard InChI is InChI=1S/2C21H23.C12H9Si.Hf/c2*1-13(2)18-11-17-7-6-8-19(21(17)12-18)20-10-14(3)9-15(4)16(20)5;1-3-7-11-9(5-1)10-6-2-4-8-12(10)13-11;/h2*6-13H,1-5H3;1-7H,13H2;. The van der Waals surface area contributed by atoms with E-state index in [0.717, 1.165) is 0 Å². The van der Waals surface area contributed by atoms with Crippen LogP contribution in [0.2, 0.25) is 0 Å². The molecule has 1 aliphatic heterocycles. The zero-order chi connectivity index (χ0) is 39.2. The van der Waals surface area contributed by atoms with Crippen LogP contribution in [0.5, 0.6) is 0 Å². The van der Waals surface area contributed by atoms with Gasteiger partial charge in [0.25, 0.3) is 0 Å². The van der Waals surface area contributed by atoms with Crippen LogP contribution in [-0.2, 0) is 21.4 Å². The van der Waals surface area contributed by atoms with Gasteiger partial charge < -0.3 is 0 Å². The van der Waals surface area contributed by atoms with Crippen LogP contribution in [0.15, 0.2) is 114 Å². The quantitative estimate of drug-likeness (QED) is 0.140. The van der Waals surface area contributed by atoms with Crippen molar-refractivity contribution in [1.29, 1.82) is 0 Å². The summed E-state index contributed by atoms with van der Waals surface area (Å²) < 4.78 is 2.73. The fourth-order valence-electron chi connectivity index (χ4n) is 10.6. The van der Waals surface area contributed by atoms with Gasteiger partial charge in [0.15, 0.2) is 0 Å². The predicted molar refractivity (Wildman–Crippen MR) is 243 cm³/mol. The second-order valence-corrected chi connectivity index (χ2v) is 28.9. The van der Waals surface area contributed by atoms with Gasteiger partial charge in [-0.25, -0.2) is 0 Å². The minimum absolute atomic E-state index is 0.461. The topological polar surface area (TPSA) is 0 Å². The van der Waals surface area contributed by atoms with Gasteiger partial charge in [0, 0.05) is 0 Å². The molecule has 0 radical (unpaired) electrons. The van der Waals surface area contributed by atoms with Crippen molar-refractivity contribution in [3.05, 3.63) is 170 Å². The Kier molecular flexibility index (Phi) is 9.61. The van der Waals surface area contributed by atoms with Crippen LogP contribution in [0, 0.1) is 53.4 Å². The van der Waals surface area contributed by atoms with E-state index >= 15 is 0 Å². The van der Waals surface area contributed by atoms with Gasteiger partial charge in [-0.3, -0.25) is 0 Å². The number of rotatable bonds is 7. The van der Waals surface area contributed by atoms with Crippen LogP contribution >= 0.6 is 0 Å². The van der Waals surface area contributed by atoms with Crippen LogP contribution in [0.25, 0.3) is 45.5 Å². The molecule has 0 saturated heterocycles. The Morgan fingerprint density at radius 2 is 0.946 bits per heavy atom. The van der Waals surface area contributed by atoms with E-state index in [2.05, 4.69) is 185 Å². The molecule has 2 aliphatic carbocycles. The Hall–Kier alpha value is -4.11. The molecule has 0 bridgehead atoms. The molecule has 1 heterocycles. The van der Waals surface area contributed by atoms with Crippen molar-refractivity contribution in [2.45, 2.75) is 76.6 Å². The summed E-state index contributed by atoms with van der Waals surface area (Å²) in [5.41, 5.74) is 26.4. The molecule has 0 nitrogen and oxygen atoms in total. The van der Waals surface area contributed by atoms with Crippen LogP contribution in [0.4, 0.5) is 0 Å². The van der Waals surface area contributed by atoms with Gasteiger partial charge in [-0.2, -0.15) is 0 Å². The Balaban J connectivity index is 1.33. The van der Waals surface area contributed by atoms with E-state index in [-0.39, 0.29) is 0 Å². The van der Waals surface area contributed by atoms with Gasteiger partial charge in [-0.1, -0.05) is 0 Å². The molecule has 2 unspecified atom stereocenters. The maximum absolute atomic E-state index is 3.16. The molecule has 9 rings (SSSR count). The number of aryl methyl sites for hydroxylation is 4. The average Bonchev–Trinajstić information content (AvgIpc) is 3.88. The third-order valence-corrected chi connectivity index (χ3v) is 29.9. The van der Waals surface area contributed by atoms with Crippen molar-refractivity contribution in [2.24, 2.45) is 11.8 Å². The molecule has 0 saturated carbocycles. The molecule has 56 heavy (non-hydrogen) atoms. The summed E-state index contributed by atoms with van der Waals surface area (Å²) in [5, 5.41) is 3.38. The number of fused-ring (bicyclic) bond motifs is 5. The van der Waals surface area contributed by atoms with Gasteiger partial charge in [0.2, 0.25) is 0 Å². The normalized spacial score (nSPS) is 16.9. The summed E-state index contributed by atoms with van der Waals surface area (Å²) in [6.45, 7) is 23.6. The SMILES string of the molecule is Cc1cc(C)c(C)c(-c2cccc3c2C=C(C(C)C)[CH]3[Hf]([c]2cccc3c2[SiH2]c2ccccc2-3)[CH]2C(C(C)C)=Cc3c(-c4cc(C)cc(C)c4C)cccc32)c1. The molecule has 0 fully saturated rings. The Morgan fingerprint density at radius 1 is 0.482 bits per heavy atom. The van der Waals surface area contributed by atoms with Gasteiger partial charge >= 0.3 is 349 Å². The van der Waals surface area contributed by atoms with Gasteiger partial charge in [0.1, 0.15) is 0 Å². The summed E-state index contributed by atoms with van der Waals surface area (Å²) in [6, 6.07) is 41.1. The van der Waals surface area contributed by atoms with Crippen LogP contribution in [0.1, 0.15) is 90.7 Å². The van der Waals surface area contributed by atoms with E-state index in [9.17, 15) is 0 Å². The Morgan fingerprint density at radius 3 is 1.46 bits per heavy atom. The minimum atomic E-state index is -3.16. The molecule has 2 atom stereocenters. The number of hydrogen-bond acceptors (Lipinski definition) is 0. The molecule has 0 spiro atoms. The molecular weight excluding hydrogens is 855 g/mol. The van der Waals surface area contributed by atoms with E-state index in [0.29, 0.717) is 19.2 Å². The van der Waals surface area contributed by atoms with Gasteiger partial charge in [-0.15, -0.1) is 0 Å². The molecular formula is C54H55HfSi. The van der Waals surface area contributed by atoms with Gasteiger partial charge in [-0.05, 0) is 0 Å². The third kappa shape index (κ3) is 6.01. The molecule has 6 aromatic carbocycles. The van der Waals surface area contributed by atoms with Gasteiger partial charge in [0.05, 0.1) is 0 Å². The summed E-state index contributed by atoms with van der Waals surface area (Å²) in [7, 11) is -0.623. The van der Waals surface area contributed by atoms with Crippen LogP contribution in [0.3, 0.4) is 0 Å². The van der Waals surface area contributed by atoms with E-state index in [1.54, 1.807) is 36.0 Å². The number of allylic oxidation sites excluding steroid dienone is 2. The van der Waals surface area contributed by atoms with Crippen LogP contribution < -0.4 is 13.7 Å². The Labute approximate surface area is 346 Å². The molecule has 0 amide bonds. The van der Waals surface area contributed by atoms with Crippen molar-refractivity contribution in [3.63, 3.8) is 0 Å².